The van der Waals surface area contributed by atoms with Gasteiger partial charge in [-0.3, -0.25) is 4.79 Å². The lowest BCUT2D eigenvalue weighted by Gasteiger charge is -2.36. The van der Waals surface area contributed by atoms with Crippen LogP contribution in [0.5, 0.6) is 0 Å². The first-order valence-corrected chi connectivity index (χ1v) is 12.3. The molecule has 0 fully saturated rings. The van der Waals surface area contributed by atoms with Crippen LogP contribution in [0.1, 0.15) is 29.2 Å². The summed E-state index contributed by atoms with van der Waals surface area (Å²) < 4.78 is 29.2. The van der Waals surface area contributed by atoms with Crippen LogP contribution in [-0.4, -0.2) is 25.2 Å². The number of hydrogen-bond acceptors (Lipinski definition) is 3. The maximum absolute atomic E-state index is 13.5. The summed E-state index contributed by atoms with van der Waals surface area (Å²) in [7, 11) is -3.75. The quantitative estimate of drug-likeness (QED) is 0.546. The summed E-state index contributed by atoms with van der Waals surface area (Å²) in [4.78, 5) is 13.0. The second-order valence-electron chi connectivity index (χ2n) is 7.50. The monoisotopic (exact) mass is 498 g/mol. The average Bonchev–Trinajstić information content (AvgIpc) is 2.79. The van der Waals surface area contributed by atoms with Crippen molar-refractivity contribution in [2.45, 2.75) is 30.3 Å². The molecule has 0 bridgehead atoms. The number of halogens is 1. The maximum Gasteiger partial charge on any atom is 0.243 e. The Balaban J connectivity index is 1.60. The van der Waals surface area contributed by atoms with Crippen LogP contribution < -0.4 is 5.32 Å². The van der Waals surface area contributed by atoms with Crippen LogP contribution in [0.25, 0.3) is 0 Å². The van der Waals surface area contributed by atoms with Crippen molar-refractivity contribution in [2.24, 2.45) is 0 Å². The Morgan fingerprint density at radius 3 is 2.39 bits per heavy atom. The Morgan fingerprint density at radius 1 is 0.968 bits per heavy atom. The highest BCUT2D eigenvalue weighted by Crippen LogP contribution is 2.36. The molecule has 0 radical (unpaired) electrons. The largest absolute Gasteiger partial charge is 0.352 e. The third kappa shape index (κ3) is 4.89. The van der Waals surface area contributed by atoms with Gasteiger partial charge >= 0.3 is 0 Å². The number of amides is 1. The van der Waals surface area contributed by atoms with E-state index in [4.69, 9.17) is 0 Å². The maximum atomic E-state index is 13.5. The van der Waals surface area contributed by atoms with Crippen LogP contribution in [0.3, 0.4) is 0 Å². The van der Waals surface area contributed by atoms with Crippen LogP contribution in [0.15, 0.2) is 88.2 Å². The molecule has 3 aromatic rings. The van der Waals surface area contributed by atoms with Crippen molar-refractivity contribution >= 4 is 31.9 Å². The summed E-state index contributed by atoms with van der Waals surface area (Å²) in [6, 6.07) is 23.5. The van der Waals surface area contributed by atoms with E-state index in [1.54, 1.807) is 24.3 Å². The molecule has 5 nitrogen and oxygen atoms in total. The van der Waals surface area contributed by atoms with E-state index in [1.165, 1.54) is 4.31 Å². The zero-order chi connectivity index (χ0) is 21.8. The fraction of sp³-hybridized carbons (Fsp3) is 0.208. The fourth-order valence-corrected chi connectivity index (χ4v) is 5.78. The second-order valence-corrected chi connectivity index (χ2v) is 10.3. The first-order chi connectivity index (χ1) is 14.9. The molecule has 1 atom stereocenters. The van der Waals surface area contributed by atoms with Gasteiger partial charge < -0.3 is 5.32 Å². The van der Waals surface area contributed by atoms with Crippen molar-refractivity contribution in [3.8, 4) is 0 Å². The summed E-state index contributed by atoms with van der Waals surface area (Å²) in [5, 5.41) is 2.93. The number of carbonyl (C=O) groups is 1. The molecule has 0 saturated heterocycles. The Labute approximate surface area is 191 Å². The lowest BCUT2D eigenvalue weighted by Crippen LogP contribution is -2.42. The molecule has 1 aliphatic rings. The normalized spacial score (nSPS) is 16.5. The highest BCUT2D eigenvalue weighted by Gasteiger charge is 2.37. The molecule has 7 heteroatoms. The number of carbonyl (C=O) groups excluding carboxylic acids is 1. The first-order valence-electron chi connectivity index (χ1n) is 10.1. The van der Waals surface area contributed by atoms with Crippen molar-refractivity contribution in [3.63, 3.8) is 0 Å². The molecular weight excluding hydrogens is 476 g/mol. The van der Waals surface area contributed by atoms with E-state index in [0.29, 0.717) is 19.5 Å². The van der Waals surface area contributed by atoms with E-state index in [0.717, 1.165) is 21.2 Å². The number of fused-ring (bicyclic) bond motifs is 1. The van der Waals surface area contributed by atoms with Crippen molar-refractivity contribution in [3.05, 3.63) is 100 Å². The Hall–Kier alpha value is -2.48. The summed E-state index contributed by atoms with van der Waals surface area (Å²) >= 11 is 3.35. The van der Waals surface area contributed by atoms with Crippen molar-refractivity contribution in [1.29, 1.82) is 0 Å². The topological polar surface area (TPSA) is 66.5 Å². The molecule has 0 aliphatic carbocycles. The summed E-state index contributed by atoms with van der Waals surface area (Å²) in [6.45, 7) is 0.750. The Bertz CT molecular complexity index is 1160. The third-order valence-corrected chi connectivity index (χ3v) is 7.95. The van der Waals surface area contributed by atoms with E-state index >= 15 is 0 Å². The lowest BCUT2D eigenvalue weighted by molar-refractivity contribution is -0.122. The average molecular weight is 499 g/mol. The zero-order valence-corrected chi connectivity index (χ0v) is 19.3. The lowest BCUT2D eigenvalue weighted by atomic mass is 9.92. The van der Waals surface area contributed by atoms with Gasteiger partial charge in [-0.1, -0.05) is 70.5 Å². The molecule has 3 aromatic carbocycles. The zero-order valence-electron chi connectivity index (χ0n) is 16.9. The van der Waals surface area contributed by atoms with E-state index in [9.17, 15) is 13.2 Å². The standard InChI is InChI=1S/C24H23BrN2O3S/c25-20-10-12-21(13-11-20)31(29,30)27-15-14-19-8-4-5-9-22(19)23(27)16-24(28)26-17-18-6-2-1-3-7-18/h1-13,23H,14-17H2,(H,26,28)/t23-/m0/s1. The molecule has 1 heterocycles. The minimum atomic E-state index is -3.75. The predicted octanol–water partition coefficient (Wildman–Crippen LogP) is 4.44. The molecule has 1 N–H and O–H groups in total. The number of sulfonamides is 1. The van der Waals surface area contributed by atoms with E-state index in [1.807, 2.05) is 54.6 Å². The summed E-state index contributed by atoms with van der Waals surface area (Å²) in [6.07, 6.45) is 0.688. The second kappa shape index (κ2) is 9.34. The van der Waals surface area contributed by atoms with Gasteiger partial charge in [0.25, 0.3) is 0 Å². The SMILES string of the molecule is O=C(C[C@H]1c2ccccc2CCN1S(=O)(=O)c1ccc(Br)cc1)NCc1ccccc1. The smallest absolute Gasteiger partial charge is 0.243 e. The molecular formula is C24H23BrN2O3S. The third-order valence-electron chi connectivity index (χ3n) is 5.49. The molecule has 0 saturated carbocycles. The molecule has 0 unspecified atom stereocenters. The molecule has 31 heavy (non-hydrogen) atoms. The van der Waals surface area contributed by atoms with E-state index < -0.39 is 16.1 Å². The number of hydrogen-bond donors (Lipinski definition) is 1. The van der Waals surface area contributed by atoms with E-state index in [-0.39, 0.29) is 17.2 Å². The van der Waals surface area contributed by atoms with Crippen LogP contribution in [0, 0.1) is 0 Å². The number of nitrogens with one attached hydrogen (secondary N) is 1. The molecule has 0 aromatic heterocycles. The number of rotatable bonds is 6. The first kappa shape index (κ1) is 21.7. The molecule has 1 amide bonds. The highest BCUT2D eigenvalue weighted by molar-refractivity contribution is 9.10. The van der Waals surface area contributed by atoms with Gasteiger partial charge in [-0.05, 0) is 47.4 Å². The minimum Gasteiger partial charge on any atom is -0.352 e. The van der Waals surface area contributed by atoms with Gasteiger partial charge in [0.05, 0.1) is 10.9 Å². The molecule has 1 aliphatic heterocycles. The van der Waals surface area contributed by atoms with Crippen molar-refractivity contribution < 1.29 is 13.2 Å². The van der Waals surface area contributed by atoms with Crippen LogP contribution in [0.2, 0.25) is 0 Å². The van der Waals surface area contributed by atoms with Gasteiger partial charge in [-0.2, -0.15) is 4.31 Å². The van der Waals surface area contributed by atoms with Crippen molar-refractivity contribution in [2.75, 3.05) is 6.54 Å². The van der Waals surface area contributed by atoms with Gasteiger partial charge in [-0.25, -0.2) is 8.42 Å². The van der Waals surface area contributed by atoms with Gasteiger partial charge in [0.2, 0.25) is 15.9 Å². The molecule has 4 rings (SSSR count). The number of nitrogens with zero attached hydrogens (tertiary/aromatic N) is 1. The summed E-state index contributed by atoms with van der Waals surface area (Å²) in [5.74, 6) is -0.179. The predicted molar refractivity (Wildman–Crippen MR) is 124 cm³/mol. The Kier molecular flexibility index (Phi) is 6.55. The molecule has 0 spiro atoms. The van der Waals surface area contributed by atoms with Gasteiger partial charge in [0.15, 0.2) is 0 Å². The highest BCUT2D eigenvalue weighted by atomic mass is 79.9. The van der Waals surface area contributed by atoms with Crippen LogP contribution in [0.4, 0.5) is 0 Å². The number of benzene rings is 3. The van der Waals surface area contributed by atoms with Gasteiger partial charge in [-0.15, -0.1) is 0 Å². The minimum absolute atomic E-state index is 0.0691. The fourth-order valence-electron chi connectivity index (χ4n) is 3.91. The summed E-state index contributed by atoms with van der Waals surface area (Å²) in [5.41, 5.74) is 2.98. The van der Waals surface area contributed by atoms with E-state index in [2.05, 4.69) is 21.2 Å². The van der Waals surface area contributed by atoms with Gasteiger partial charge in [0, 0.05) is 24.0 Å². The molecule has 160 valence electrons. The van der Waals surface area contributed by atoms with Crippen LogP contribution >= 0.6 is 15.9 Å². The Morgan fingerprint density at radius 2 is 1.65 bits per heavy atom. The van der Waals surface area contributed by atoms with Crippen LogP contribution in [-0.2, 0) is 27.8 Å². The van der Waals surface area contributed by atoms with Crippen molar-refractivity contribution in [1.82, 2.24) is 9.62 Å². The van der Waals surface area contributed by atoms with Gasteiger partial charge in [0.1, 0.15) is 0 Å².